The maximum absolute atomic E-state index is 11.2. The van der Waals surface area contributed by atoms with Gasteiger partial charge in [0.15, 0.2) is 0 Å². The molecule has 0 spiro atoms. The minimum Gasteiger partial charge on any atom is -0.388 e. The minimum absolute atomic E-state index is 0.220. The summed E-state index contributed by atoms with van der Waals surface area (Å²) in [6, 6.07) is 5.26. The zero-order valence-electron chi connectivity index (χ0n) is 11.1. The molecule has 1 aromatic rings. The molecule has 8 heteroatoms. The van der Waals surface area contributed by atoms with E-state index >= 15 is 0 Å². The molecule has 0 bridgehead atoms. The van der Waals surface area contributed by atoms with Crippen LogP contribution in [0.1, 0.15) is 19.5 Å². The molecule has 0 fully saturated rings. The quantitative estimate of drug-likeness (QED) is 0.660. The maximum Gasteiger partial charge on any atom is 0.209 e. The van der Waals surface area contributed by atoms with E-state index in [4.69, 9.17) is 18.0 Å². The first-order valence-corrected chi connectivity index (χ1v) is 7.89. The van der Waals surface area contributed by atoms with Crippen LogP contribution in [0.15, 0.2) is 18.2 Å². The SMILES string of the molecule is CC(C)(CNc1cccc(C(N)=S)n1)NS(C)(=O)=O. The molecule has 0 unspecified atom stereocenters. The number of nitrogens with two attached hydrogens (primary N) is 1. The second-order valence-corrected chi connectivity index (χ2v) is 7.07. The zero-order chi connectivity index (χ0) is 14.7. The van der Waals surface area contributed by atoms with Crippen molar-refractivity contribution in [2.75, 3.05) is 18.1 Å². The van der Waals surface area contributed by atoms with Crippen molar-refractivity contribution in [1.29, 1.82) is 0 Å². The molecular formula is C11H18N4O2S2. The summed E-state index contributed by atoms with van der Waals surface area (Å²) in [5, 5.41) is 3.05. The molecule has 6 nitrogen and oxygen atoms in total. The zero-order valence-corrected chi connectivity index (χ0v) is 12.7. The van der Waals surface area contributed by atoms with Crippen molar-refractivity contribution in [3.8, 4) is 0 Å². The number of anilines is 1. The smallest absolute Gasteiger partial charge is 0.209 e. The Morgan fingerprint density at radius 3 is 2.63 bits per heavy atom. The van der Waals surface area contributed by atoms with Crippen LogP contribution in [0, 0.1) is 0 Å². The van der Waals surface area contributed by atoms with Gasteiger partial charge in [0.1, 0.15) is 10.8 Å². The normalized spacial score (nSPS) is 12.2. The molecule has 19 heavy (non-hydrogen) atoms. The number of sulfonamides is 1. The van der Waals surface area contributed by atoms with Crippen molar-refractivity contribution in [3.63, 3.8) is 0 Å². The summed E-state index contributed by atoms with van der Waals surface area (Å²) in [6.07, 6.45) is 1.13. The highest BCUT2D eigenvalue weighted by atomic mass is 32.2. The van der Waals surface area contributed by atoms with Crippen LogP contribution in [0.25, 0.3) is 0 Å². The van der Waals surface area contributed by atoms with Crippen LogP contribution < -0.4 is 15.8 Å². The Kier molecular flexibility index (Phi) is 4.83. The molecule has 1 heterocycles. The number of aromatic nitrogens is 1. The fourth-order valence-corrected chi connectivity index (χ4v) is 2.71. The number of hydrogen-bond donors (Lipinski definition) is 3. The molecule has 0 saturated heterocycles. The van der Waals surface area contributed by atoms with E-state index in [1.165, 1.54) is 0 Å². The Morgan fingerprint density at radius 1 is 1.47 bits per heavy atom. The molecule has 0 amide bonds. The first-order valence-electron chi connectivity index (χ1n) is 5.59. The van der Waals surface area contributed by atoms with Crippen molar-refractivity contribution in [1.82, 2.24) is 9.71 Å². The molecule has 0 aliphatic rings. The number of pyridine rings is 1. The van der Waals surface area contributed by atoms with E-state index < -0.39 is 15.6 Å². The van der Waals surface area contributed by atoms with Crippen molar-refractivity contribution >= 4 is 33.0 Å². The lowest BCUT2D eigenvalue weighted by Gasteiger charge is -2.25. The number of nitrogens with zero attached hydrogens (tertiary/aromatic N) is 1. The molecule has 106 valence electrons. The predicted molar refractivity (Wildman–Crippen MR) is 80.7 cm³/mol. The molecule has 0 saturated carbocycles. The fourth-order valence-electron chi connectivity index (χ4n) is 1.52. The van der Waals surface area contributed by atoms with Crippen LogP contribution in [-0.2, 0) is 10.0 Å². The van der Waals surface area contributed by atoms with Crippen molar-refractivity contribution in [2.24, 2.45) is 5.73 Å². The standard InChI is InChI=1S/C11H18N4O2S2/c1-11(2,15-19(3,16)17)7-13-9-6-4-5-8(14-9)10(12)18/h4-6,15H,7H2,1-3H3,(H2,12,18)(H,13,14). The highest BCUT2D eigenvalue weighted by Crippen LogP contribution is 2.09. The Hall–Kier alpha value is -1.25. The van der Waals surface area contributed by atoms with Gasteiger partial charge in [0.25, 0.3) is 0 Å². The van der Waals surface area contributed by atoms with E-state index in [0.717, 1.165) is 6.26 Å². The van der Waals surface area contributed by atoms with Gasteiger partial charge in [-0.3, -0.25) is 0 Å². The molecule has 0 atom stereocenters. The molecule has 4 N–H and O–H groups in total. The van der Waals surface area contributed by atoms with Crippen LogP contribution in [0.3, 0.4) is 0 Å². The Morgan fingerprint density at radius 2 is 2.11 bits per heavy atom. The van der Waals surface area contributed by atoms with E-state index in [9.17, 15) is 8.42 Å². The number of hydrogen-bond acceptors (Lipinski definition) is 5. The van der Waals surface area contributed by atoms with Crippen LogP contribution >= 0.6 is 12.2 Å². The van der Waals surface area contributed by atoms with E-state index in [1.807, 2.05) is 0 Å². The van der Waals surface area contributed by atoms with Gasteiger partial charge in [-0.2, -0.15) is 0 Å². The van der Waals surface area contributed by atoms with Gasteiger partial charge in [-0.15, -0.1) is 0 Å². The molecule has 0 aliphatic carbocycles. The van der Waals surface area contributed by atoms with E-state index in [0.29, 0.717) is 18.1 Å². The molecule has 1 rings (SSSR count). The Bertz CT molecular complexity index is 570. The third-order valence-electron chi connectivity index (χ3n) is 2.17. The van der Waals surface area contributed by atoms with Gasteiger partial charge in [-0.05, 0) is 26.0 Å². The highest BCUT2D eigenvalue weighted by Gasteiger charge is 2.21. The summed E-state index contributed by atoms with van der Waals surface area (Å²) in [5.74, 6) is 0.591. The first-order chi connectivity index (χ1) is 8.59. The lowest BCUT2D eigenvalue weighted by atomic mass is 10.1. The average Bonchev–Trinajstić information content (AvgIpc) is 2.24. The van der Waals surface area contributed by atoms with Crippen LogP contribution in [0.4, 0.5) is 5.82 Å². The molecule has 0 radical (unpaired) electrons. The second kappa shape index (κ2) is 5.81. The Labute approximate surface area is 118 Å². The average molecular weight is 302 g/mol. The van der Waals surface area contributed by atoms with Gasteiger partial charge in [-0.25, -0.2) is 18.1 Å². The van der Waals surface area contributed by atoms with Gasteiger partial charge in [0.2, 0.25) is 10.0 Å². The summed E-state index contributed by atoms with van der Waals surface area (Å²) < 4.78 is 25.0. The van der Waals surface area contributed by atoms with Crippen molar-refractivity contribution < 1.29 is 8.42 Å². The molecule has 0 aromatic carbocycles. The van der Waals surface area contributed by atoms with Crippen molar-refractivity contribution in [3.05, 3.63) is 23.9 Å². The highest BCUT2D eigenvalue weighted by molar-refractivity contribution is 7.88. The molecule has 0 aliphatic heterocycles. The number of rotatable bonds is 6. The largest absolute Gasteiger partial charge is 0.388 e. The third kappa shape index (κ3) is 5.95. The lowest BCUT2D eigenvalue weighted by molar-refractivity contribution is 0.476. The maximum atomic E-state index is 11.2. The summed E-state index contributed by atoms with van der Waals surface area (Å²) in [7, 11) is -3.26. The summed E-state index contributed by atoms with van der Waals surface area (Å²) in [4.78, 5) is 4.44. The van der Waals surface area contributed by atoms with Crippen LogP contribution in [0.5, 0.6) is 0 Å². The summed E-state index contributed by atoms with van der Waals surface area (Å²) >= 11 is 4.85. The molecule has 1 aromatic heterocycles. The first kappa shape index (κ1) is 15.8. The van der Waals surface area contributed by atoms with Gasteiger partial charge in [0.05, 0.1) is 11.9 Å². The predicted octanol–water partition coefficient (Wildman–Crippen LogP) is 0.455. The molecular weight excluding hydrogens is 284 g/mol. The topological polar surface area (TPSA) is 97.1 Å². The summed E-state index contributed by atoms with van der Waals surface area (Å²) in [6.45, 7) is 3.94. The minimum atomic E-state index is -3.26. The number of thiocarbonyl (C=S) groups is 1. The summed E-state index contributed by atoms with van der Waals surface area (Å²) in [5.41, 5.74) is 5.39. The van der Waals surface area contributed by atoms with Crippen LogP contribution in [-0.4, -0.2) is 36.7 Å². The van der Waals surface area contributed by atoms with Gasteiger partial charge >= 0.3 is 0 Å². The van der Waals surface area contributed by atoms with Crippen LogP contribution in [0.2, 0.25) is 0 Å². The van der Waals surface area contributed by atoms with Gasteiger partial charge in [-0.1, -0.05) is 18.3 Å². The lowest BCUT2D eigenvalue weighted by Crippen LogP contribution is -2.47. The fraction of sp³-hybridized carbons (Fsp3) is 0.455. The third-order valence-corrected chi connectivity index (χ3v) is 3.31. The van der Waals surface area contributed by atoms with Crippen molar-refractivity contribution in [2.45, 2.75) is 19.4 Å². The van der Waals surface area contributed by atoms with Gasteiger partial charge in [0, 0.05) is 12.1 Å². The number of nitrogens with one attached hydrogen (secondary N) is 2. The van der Waals surface area contributed by atoms with E-state index in [1.54, 1.807) is 32.0 Å². The monoisotopic (exact) mass is 302 g/mol. The second-order valence-electron chi connectivity index (χ2n) is 4.88. The van der Waals surface area contributed by atoms with E-state index in [-0.39, 0.29) is 4.99 Å². The Balaban J connectivity index is 2.71. The van der Waals surface area contributed by atoms with E-state index in [2.05, 4.69) is 15.0 Å². The van der Waals surface area contributed by atoms with Gasteiger partial charge < -0.3 is 11.1 Å².